The summed E-state index contributed by atoms with van der Waals surface area (Å²) in [6.45, 7) is 2.29. The molecule has 0 aliphatic carbocycles. The van der Waals surface area contributed by atoms with E-state index in [4.69, 9.17) is 21.1 Å². The number of nitrogens with one attached hydrogen (secondary N) is 2. The van der Waals surface area contributed by atoms with Gasteiger partial charge in [0.25, 0.3) is 0 Å². The third kappa shape index (κ3) is 5.01. The summed E-state index contributed by atoms with van der Waals surface area (Å²) < 4.78 is 10.5. The van der Waals surface area contributed by atoms with Gasteiger partial charge in [-0.15, -0.1) is 0 Å². The predicted octanol–water partition coefficient (Wildman–Crippen LogP) is 4.40. The first-order valence-electron chi connectivity index (χ1n) is 9.41. The molecule has 7 heteroatoms. The standard InChI is InChI=1S/C21H26ClN3O3/c1-27-19-13-18(20(28-2)12-17(19)22)23-14-21(26)24-15-6-8-16(9-7-15)25-10-4-3-5-11-25/h6-9,12-13,23H,3-5,10-11,14H2,1-2H3,(H,24,26). The molecule has 1 amide bonds. The maximum Gasteiger partial charge on any atom is 0.243 e. The normalized spacial score (nSPS) is 13.8. The summed E-state index contributed by atoms with van der Waals surface area (Å²) >= 11 is 6.10. The minimum Gasteiger partial charge on any atom is -0.495 e. The van der Waals surface area contributed by atoms with Crippen LogP contribution in [0.5, 0.6) is 11.5 Å². The fourth-order valence-corrected chi connectivity index (χ4v) is 3.52. The van der Waals surface area contributed by atoms with Crippen LogP contribution >= 0.6 is 11.6 Å². The number of hydrogen-bond donors (Lipinski definition) is 2. The summed E-state index contributed by atoms with van der Waals surface area (Å²) in [6, 6.07) is 11.4. The van der Waals surface area contributed by atoms with E-state index < -0.39 is 0 Å². The van der Waals surface area contributed by atoms with Gasteiger partial charge in [-0.2, -0.15) is 0 Å². The first-order valence-corrected chi connectivity index (χ1v) is 9.79. The van der Waals surface area contributed by atoms with Gasteiger partial charge in [-0.3, -0.25) is 4.79 Å². The topological polar surface area (TPSA) is 62.8 Å². The van der Waals surface area contributed by atoms with Crippen LogP contribution in [0.1, 0.15) is 19.3 Å². The van der Waals surface area contributed by atoms with Crippen molar-refractivity contribution in [1.29, 1.82) is 0 Å². The Kier molecular flexibility index (Phi) is 6.87. The number of nitrogens with zero attached hydrogens (tertiary/aromatic N) is 1. The molecule has 0 aromatic heterocycles. The molecule has 1 heterocycles. The Morgan fingerprint density at radius 1 is 1.04 bits per heavy atom. The summed E-state index contributed by atoms with van der Waals surface area (Å²) in [5.74, 6) is 0.907. The first-order chi connectivity index (χ1) is 13.6. The number of carbonyl (C=O) groups excluding carboxylic acids is 1. The molecule has 1 fully saturated rings. The Morgan fingerprint density at radius 3 is 2.36 bits per heavy atom. The van der Waals surface area contributed by atoms with E-state index in [0.29, 0.717) is 22.2 Å². The first kappa shape index (κ1) is 20.1. The molecule has 0 unspecified atom stereocenters. The lowest BCUT2D eigenvalue weighted by molar-refractivity contribution is -0.114. The van der Waals surface area contributed by atoms with Crippen molar-refractivity contribution in [2.45, 2.75) is 19.3 Å². The van der Waals surface area contributed by atoms with Gasteiger partial charge in [-0.25, -0.2) is 0 Å². The number of benzene rings is 2. The minimum atomic E-state index is -0.151. The Morgan fingerprint density at radius 2 is 1.71 bits per heavy atom. The monoisotopic (exact) mass is 403 g/mol. The molecule has 2 N–H and O–H groups in total. The molecular weight excluding hydrogens is 378 g/mol. The molecule has 0 radical (unpaired) electrons. The van der Waals surface area contributed by atoms with Crippen LogP contribution in [0.4, 0.5) is 17.1 Å². The number of methoxy groups -OCH3 is 2. The second-order valence-corrected chi connectivity index (χ2v) is 7.09. The van der Waals surface area contributed by atoms with Crippen LogP contribution in [-0.2, 0) is 4.79 Å². The van der Waals surface area contributed by atoms with Crippen LogP contribution in [0, 0.1) is 0 Å². The maximum absolute atomic E-state index is 12.3. The molecule has 2 aromatic carbocycles. The van der Waals surface area contributed by atoms with Crippen molar-refractivity contribution >= 4 is 34.6 Å². The number of piperidine rings is 1. The molecule has 1 saturated heterocycles. The van der Waals surface area contributed by atoms with Gasteiger partial charge in [-0.1, -0.05) is 11.6 Å². The van der Waals surface area contributed by atoms with Gasteiger partial charge >= 0.3 is 0 Å². The van der Waals surface area contributed by atoms with Gasteiger partial charge in [0.1, 0.15) is 11.5 Å². The molecule has 0 atom stereocenters. The maximum atomic E-state index is 12.3. The van der Waals surface area contributed by atoms with Crippen molar-refractivity contribution in [2.24, 2.45) is 0 Å². The van der Waals surface area contributed by atoms with E-state index in [1.54, 1.807) is 19.2 Å². The minimum absolute atomic E-state index is 0.0923. The molecule has 150 valence electrons. The molecule has 0 saturated carbocycles. The number of hydrogen-bond acceptors (Lipinski definition) is 5. The van der Waals surface area contributed by atoms with Crippen LogP contribution < -0.4 is 25.0 Å². The van der Waals surface area contributed by atoms with Crippen molar-refractivity contribution in [2.75, 3.05) is 49.4 Å². The zero-order valence-corrected chi connectivity index (χ0v) is 17.0. The van der Waals surface area contributed by atoms with Crippen LogP contribution in [-0.4, -0.2) is 39.8 Å². The predicted molar refractivity (Wildman–Crippen MR) is 114 cm³/mol. The number of carbonyl (C=O) groups is 1. The van der Waals surface area contributed by atoms with Crippen molar-refractivity contribution in [1.82, 2.24) is 0 Å². The SMILES string of the molecule is COc1cc(NCC(=O)Nc2ccc(N3CCCCC3)cc2)c(OC)cc1Cl. The van der Waals surface area contributed by atoms with E-state index in [2.05, 4.69) is 27.7 Å². The lowest BCUT2D eigenvalue weighted by atomic mass is 10.1. The van der Waals surface area contributed by atoms with Crippen LogP contribution in [0.15, 0.2) is 36.4 Å². The van der Waals surface area contributed by atoms with Gasteiger partial charge in [0.2, 0.25) is 5.91 Å². The molecule has 1 aliphatic heterocycles. The molecule has 3 rings (SSSR count). The van der Waals surface area contributed by atoms with Crippen molar-refractivity contribution < 1.29 is 14.3 Å². The summed E-state index contributed by atoms with van der Waals surface area (Å²) in [6.07, 6.45) is 3.79. The van der Waals surface area contributed by atoms with Gasteiger partial charge in [0, 0.05) is 36.6 Å². The molecule has 6 nitrogen and oxygen atoms in total. The number of anilines is 3. The zero-order valence-electron chi connectivity index (χ0n) is 16.3. The van der Waals surface area contributed by atoms with E-state index in [0.717, 1.165) is 18.8 Å². The summed E-state index contributed by atoms with van der Waals surface area (Å²) in [5.41, 5.74) is 2.61. The largest absolute Gasteiger partial charge is 0.495 e. The van der Waals surface area contributed by atoms with Crippen molar-refractivity contribution in [3.63, 3.8) is 0 Å². The molecule has 0 spiro atoms. The van der Waals surface area contributed by atoms with E-state index in [1.807, 2.05) is 12.1 Å². The highest BCUT2D eigenvalue weighted by Gasteiger charge is 2.13. The average molecular weight is 404 g/mol. The third-order valence-corrected chi connectivity index (χ3v) is 5.08. The van der Waals surface area contributed by atoms with Crippen LogP contribution in [0.25, 0.3) is 0 Å². The van der Waals surface area contributed by atoms with Gasteiger partial charge in [0.05, 0.1) is 31.5 Å². The van der Waals surface area contributed by atoms with Gasteiger partial charge in [0.15, 0.2) is 0 Å². The quantitative estimate of drug-likeness (QED) is 0.717. The average Bonchev–Trinajstić information content (AvgIpc) is 2.73. The number of rotatable bonds is 7. The fourth-order valence-electron chi connectivity index (χ4n) is 3.29. The van der Waals surface area contributed by atoms with E-state index in [1.165, 1.54) is 32.1 Å². The second kappa shape index (κ2) is 9.55. The third-order valence-electron chi connectivity index (χ3n) is 4.79. The molecule has 2 aromatic rings. The van der Waals surface area contributed by atoms with Crippen molar-refractivity contribution in [3.8, 4) is 11.5 Å². The van der Waals surface area contributed by atoms with E-state index in [-0.39, 0.29) is 12.5 Å². The lowest BCUT2D eigenvalue weighted by Gasteiger charge is -2.28. The van der Waals surface area contributed by atoms with Gasteiger partial charge in [-0.05, 0) is 43.5 Å². The lowest BCUT2D eigenvalue weighted by Crippen LogP contribution is -2.29. The van der Waals surface area contributed by atoms with Crippen LogP contribution in [0.3, 0.4) is 0 Å². The zero-order chi connectivity index (χ0) is 19.9. The Balaban J connectivity index is 1.57. The summed E-state index contributed by atoms with van der Waals surface area (Å²) in [5, 5.41) is 6.41. The Bertz CT molecular complexity index is 805. The van der Waals surface area contributed by atoms with Crippen molar-refractivity contribution in [3.05, 3.63) is 41.4 Å². The van der Waals surface area contributed by atoms with Gasteiger partial charge < -0.3 is 25.0 Å². The Hall–Kier alpha value is -2.60. The highest BCUT2D eigenvalue weighted by molar-refractivity contribution is 6.32. The summed E-state index contributed by atoms with van der Waals surface area (Å²) in [7, 11) is 3.09. The Labute approximate surface area is 170 Å². The fraction of sp³-hybridized carbons (Fsp3) is 0.381. The van der Waals surface area contributed by atoms with Crippen LogP contribution in [0.2, 0.25) is 5.02 Å². The molecule has 1 aliphatic rings. The highest BCUT2D eigenvalue weighted by atomic mass is 35.5. The van der Waals surface area contributed by atoms with E-state index >= 15 is 0 Å². The highest BCUT2D eigenvalue weighted by Crippen LogP contribution is 2.35. The summed E-state index contributed by atoms with van der Waals surface area (Å²) in [4.78, 5) is 14.7. The number of amides is 1. The van der Waals surface area contributed by atoms with E-state index in [9.17, 15) is 4.79 Å². The molecular formula is C21H26ClN3O3. The molecule has 28 heavy (non-hydrogen) atoms. The second-order valence-electron chi connectivity index (χ2n) is 6.68. The number of ether oxygens (including phenoxy) is 2. The number of halogens is 1. The smallest absolute Gasteiger partial charge is 0.243 e. The molecule has 0 bridgehead atoms.